The van der Waals surface area contributed by atoms with Gasteiger partial charge in [-0.3, -0.25) is 0 Å². The molecule has 0 aromatic carbocycles. The van der Waals surface area contributed by atoms with Gasteiger partial charge in [0.05, 0.1) is 6.61 Å². The van der Waals surface area contributed by atoms with Crippen LogP contribution in [0.15, 0.2) is 12.7 Å². The first-order chi connectivity index (χ1) is 6.37. The van der Waals surface area contributed by atoms with E-state index in [0.717, 1.165) is 12.8 Å². The minimum atomic E-state index is -1.03. The van der Waals surface area contributed by atoms with Crippen LogP contribution in [-0.2, 0) is 4.74 Å². The van der Waals surface area contributed by atoms with Crippen LogP contribution in [0.4, 0.5) is 0 Å². The molecule has 84 valence electrons. The van der Waals surface area contributed by atoms with E-state index in [1.54, 1.807) is 6.08 Å². The molecule has 14 heavy (non-hydrogen) atoms. The Labute approximate surface area is 88.0 Å². The maximum Gasteiger partial charge on any atom is 0.170 e. The summed E-state index contributed by atoms with van der Waals surface area (Å²) >= 11 is 0. The highest BCUT2D eigenvalue weighted by Crippen LogP contribution is 2.35. The molecule has 0 fully saturated rings. The quantitative estimate of drug-likeness (QED) is 0.527. The highest BCUT2D eigenvalue weighted by Gasteiger charge is 2.40. The molecule has 0 unspecified atom stereocenters. The van der Waals surface area contributed by atoms with Gasteiger partial charge in [0, 0.05) is 11.8 Å². The molecular weight excluding hydrogens is 176 g/mol. The van der Waals surface area contributed by atoms with E-state index in [1.807, 2.05) is 20.8 Å². The van der Waals surface area contributed by atoms with Gasteiger partial charge in [0.1, 0.15) is 0 Å². The molecule has 0 spiro atoms. The third-order valence-corrected chi connectivity index (χ3v) is 2.48. The molecule has 1 atom stereocenters. The summed E-state index contributed by atoms with van der Waals surface area (Å²) < 4.78 is 5.48. The van der Waals surface area contributed by atoms with Gasteiger partial charge in [-0.2, -0.15) is 0 Å². The van der Waals surface area contributed by atoms with Gasteiger partial charge in [0.2, 0.25) is 0 Å². The molecular formula is C12H24O2. The SMILES string of the molecule is C=CCO[C@](O)(CCCC)C(C)(C)C. The van der Waals surface area contributed by atoms with Crippen molar-refractivity contribution >= 4 is 0 Å². The minimum absolute atomic E-state index is 0.259. The van der Waals surface area contributed by atoms with Crippen LogP contribution < -0.4 is 0 Å². The molecule has 0 radical (unpaired) electrons. The van der Waals surface area contributed by atoms with E-state index in [-0.39, 0.29) is 5.41 Å². The Morgan fingerprint density at radius 3 is 2.29 bits per heavy atom. The van der Waals surface area contributed by atoms with Gasteiger partial charge in [-0.15, -0.1) is 6.58 Å². The smallest absolute Gasteiger partial charge is 0.170 e. The van der Waals surface area contributed by atoms with Gasteiger partial charge < -0.3 is 9.84 Å². The zero-order valence-electron chi connectivity index (χ0n) is 9.97. The lowest BCUT2D eigenvalue weighted by Gasteiger charge is -2.39. The lowest BCUT2D eigenvalue weighted by Crippen LogP contribution is -2.45. The summed E-state index contributed by atoms with van der Waals surface area (Å²) in [6.07, 6.45) is 4.39. The number of rotatable bonds is 6. The predicted octanol–water partition coefficient (Wildman–Crippen LogP) is 3.11. The van der Waals surface area contributed by atoms with Crippen LogP contribution in [0.2, 0.25) is 0 Å². The molecule has 2 nitrogen and oxygen atoms in total. The Kier molecular flexibility index (Phi) is 5.38. The Morgan fingerprint density at radius 1 is 1.36 bits per heavy atom. The molecule has 0 heterocycles. The average molecular weight is 200 g/mol. The second kappa shape index (κ2) is 5.52. The van der Waals surface area contributed by atoms with E-state index in [4.69, 9.17) is 4.74 Å². The molecule has 0 rings (SSSR count). The van der Waals surface area contributed by atoms with Crippen molar-refractivity contribution < 1.29 is 9.84 Å². The van der Waals surface area contributed by atoms with Crippen molar-refractivity contribution in [1.29, 1.82) is 0 Å². The molecule has 0 aliphatic rings. The first-order valence-corrected chi connectivity index (χ1v) is 5.34. The largest absolute Gasteiger partial charge is 0.365 e. The normalized spacial score (nSPS) is 16.4. The van der Waals surface area contributed by atoms with Crippen molar-refractivity contribution in [3.05, 3.63) is 12.7 Å². The van der Waals surface area contributed by atoms with Gasteiger partial charge in [-0.25, -0.2) is 0 Å². The first-order valence-electron chi connectivity index (χ1n) is 5.34. The van der Waals surface area contributed by atoms with Gasteiger partial charge in [0.25, 0.3) is 0 Å². The van der Waals surface area contributed by atoms with E-state index < -0.39 is 5.79 Å². The summed E-state index contributed by atoms with van der Waals surface area (Å²) in [4.78, 5) is 0. The Balaban J connectivity index is 4.40. The summed E-state index contributed by atoms with van der Waals surface area (Å²) in [6.45, 7) is 12.1. The second-order valence-electron chi connectivity index (χ2n) is 4.74. The van der Waals surface area contributed by atoms with E-state index in [2.05, 4.69) is 13.5 Å². The summed E-state index contributed by atoms with van der Waals surface area (Å²) in [5, 5.41) is 10.3. The van der Waals surface area contributed by atoms with Crippen molar-refractivity contribution in [1.82, 2.24) is 0 Å². The van der Waals surface area contributed by atoms with E-state index in [0.29, 0.717) is 13.0 Å². The third-order valence-electron chi connectivity index (χ3n) is 2.48. The van der Waals surface area contributed by atoms with Gasteiger partial charge in [-0.1, -0.05) is 40.2 Å². The van der Waals surface area contributed by atoms with Crippen LogP contribution in [0.3, 0.4) is 0 Å². The molecule has 0 aromatic rings. The number of unbranched alkanes of at least 4 members (excludes halogenated alkanes) is 1. The molecule has 0 saturated heterocycles. The maximum atomic E-state index is 10.3. The van der Waals surface area contributed by atoms with Crippen molar-refractivity contribution in [2.75, 3.05) is 6.61 Å². The Bertz CT molecular complexity index is 170. The second-order valence-corrected chi connectivity index (χ2v) is 4.74. The predicted molar refractivity (Wildman–Crippen MR) is 60.1 cm³/mol. The lowest BCUT2D eigenvalue weighted by molar-refractivity contribution is -0.259. The average Bonchev–Trinajstić information content (AvgIpc) is 2.09. The molecule has 0 aliphatic heterocycles. The summed E-state index contributed by atoms with van der Waals surface area (Å²) in [6, 6.07) is 0. The van der Waals surface area contributed by atoms with Crippen LogP contribution in [0.25, 0.3) is 0 Å². The minimum Gasteiger partial charge on any atom is -0.365 e. The van der Waals surface area contributed by atoms with E-state index in [1.165, 1.54) is 0 Å². The number of aliphatic hydroxyl groups is 1. The fourth-order valence-corrected chi connectivity index (χ4v) is 1.28. The molecule has 0 aromatic heterocycles. The van der Waals surface area contributed by atoms with E-state index >= 15 is 0 Å². The fraction of sp³-hybridized carbons (Fsp3) is 0.833. The van der Waals surface area contributed by atoms with Crippen LogP contribution in [0.1, 0.15) is 47.0 Å². The van der Waals surface area contributed by atoms with Gasteiger partial charge in [0.15, 0.2) is 5.79 Å². The maximum absolute atomic E-state index is 10.3. The zero-order valence-corrected chi connectivity index (χ0v) is 9.97. The molecule has 2 heteroatoms. The van der Waals surface area contributed by atoms with Crippen molar-refractivity contribution in [3.8, 4) is 0 Å². The number of hydrogen-bond donors (Lipinski definition) is 1. The summed E-state index contributed by atoms with van der Waals surface area (Å²) in [5.74, 6) is -1.03. The Morgan fingerprint density at radius 2 is 1.93 bits per heavy atom. The van der Waals surface area contributed by atoms with Crippen LogP contribution in [-0.4, -0.2) is 17.5 Å². The monoisotopic (exact) mass is 200 g/mol. The molecule has 0 bridgehead atoms. The van der Waals surface area contributed by atoms with Crippen LogP contribution in [0, 0.1) is 5.41 Å². The lowest BCUT2D eigenvalue weighted by atomic mass is 9.82. The highest BCUT2D eigenvalue weighted by atomic mass is 16.6. The molecule has 0 saturated carbocycles. The number of ether oxygens (including phenoxy) is 1. The first kappa shape index (κ1) is 13.7. The molecule has 1 N–H and O–H groups in total. The molecule has 0 aliphatic carbocycles. The third kappa shape index (κ3) is 3.81. The van der Waals surface area contributed by atoms with Gasteiger partial charge >= 0.3 is 0 Å². The zero-order chi connectivity index (χ0) is 11.2. The standard InChI is InChI=1S/C12H24O2/c1-6-8-9-12(13,11(3,4)5)14-10-7-2/h7,13H,2,6,8-10H2,1,3-5H3/t12-/m1/s1. The highest BCUT2D eigenvalue weighted by molar-refractivity contribution is 4.83. The topological polar surface area (TPSA) is 29.5 Å². The van der Waals surface area contributed by atoms with Gasteiger partial charge in [-0.05, 0) is 6.42 Å². The van der Waals surface area contributed by atoms with E-state index in [9.17, 15) is 5.11 Å². The number of hydrogen-bond acceptors (Lipinski definition) is 2. The molecule has 0 amide bonds. The summed E-state index contributed by atoms with van der Waals surface area (Å²) in [7, 11) is 0. The van der Waals surface area contributed by atoms with Crippen molar-refractivity contribution in [2.24, 2.45) is 5.41 Å². The Hall–Kier alpha value is -0.340. The summed E-state index contributed by atoms with van der Waals surface area (Å²) in [5.41, 5.74) is -0.259. The fourth-order valence-electron chi connectivity index (χ4n) is 1.28. The van der Waals surface area contributed by atoms with Crippen LogP contribution in [0.5, 0.6) is 0 Å². The van der Waals surface area contributed by atoms with Crippen LogP contribution >= 0.6 is 0 Å². The van der Waals surface area contributed by atoms with Crippen molar-refractivity contribution in [3.63, 3.8) is 0 Å². The van der Waals surface area contributed by atoms with Crippen molar-refractivity contribution in [2.45, 2.75) is 52.7 Å².